The van der Waals surface area contributed by atoms with Crippen molar-refractivity contribution in [3.05, 3.63) is 54.1 Å². The van der Waals surface area contributed by atoms with Crippen LogP contribution in [0, 0.1) is 0 Å². The maximum atomic E-state index is 12.2. The van der Waals surface area contributed by atoms with Gasteiger partial charge in [-0.3, -0.25) is 0 Å². The Kier molecular flexibility index (Phi) is 4.85. The molecule has 4 nitrogen and oxygen atoms in total. The molecule has 2 aromatic rings. The number of benzene rings is 2. The SMILES string of the molecule is COc1ccc(CCS(=O)(=O)c2ccccc2)cc1OC. The van der Waals surface area contributed by atoms with Gasteiger partial charge in [0.05, 0.1) is 24.9 Å². The second kappa shape index (κ2) is 6.63. The number of rotatable bonds is 6. The van der Waals surface area contributed by atoms with E-state index in [0.29, 0.717) is 22.8 Å². The fourth-order valence-electron chi connectivity index (χ4n) is 2.03. The molecule has 2 rings (SSSR count). The quantitative estimate of drug-likeness (QED) is 0.823. The van der Waals surface area contributed by atoms with Crippen molar-refractivity contribution in [2.24, 2.45) is 0 Å². The summed E-state index contributed by atoms with van der Waals surface area (Å²) >= 11 is 0. The Morgan fingerprint density at radius 1 is 0.905 bits per heavy atom. The third-order valence-corrected chi connectivity index (χ3v) is 4.94. The van der Waals surface area contributed by atoms with Gasteiger partial charge in [-0.1, -0.05) is 24.3 Å². The standard InChI is InChI=1S/C16H18O4S/c1-19-15-9-8-13(12-16(15)20-2)10-11-21(17,18)14-6-4-3-5-7-14/h3-9,12H,10-11H2,1-2H3. The van der Waals surface area contributed by atoms with E-state index < -0.39 is 9.84 Å². The number of hydrogen-bond donors (Lipinski definition) is 0. The van der Waals surface area contributed by atoms with Crippen molar-refractivity contribution in [3.8, 4) is 11.5 Å². The van der Waals surface area contributed by atoms with Crippen molar-refractivity contribution >= 4 is 9.84 Å². The molecule has 21 heavy (non-hydrogen) atoms. The molecule has 5 heteroatoms. The highest BCUT2D eigenvalue weighted by atomic mass is 32.2. The first-order valence-corrected chi connectivity index (χ1v) is 8.21. The summed E-state index contributed by atoms with van der Waals surface area (Å²) in [6.07, 6.45) is 0.428. The van der Waals surface area contributed by atoms with Crippen LogP contribution in [0.25, 0.3) is 0 Å². The Labute approximate surface area is 125 Å². The summed E-state index contributed by atoms with van der Waals surface area (Å²) in [6.45, 7) is 0. The van der Waals surface area contributed by atoms with Gasteiger partial charge in [-0.25, -0.2) is 8.42 Å². The zero-order chi connectivity index (χ0) is 15.3. The van der Waals surface area contributed by atoms with Crippen molar-refractivity contribution in [1.29, 1.82) is 0 Å². The van der Waals surface area contributed by atoms with Crippen LogP contribution >= 0.6 is 0 Å². The Hall–Kier alpha value is -2.01. The Morgan fingerprint density at radius 3 is 2.19 bits per heavy atom. The fourth-order valence-corrected chi connectivity index (χ4v) is 3.35. The van der Waals surface area contributed by atoms with Crippen molar-refractivity contribution in [2.75, 3.05) is 20.0 Å². The molecule has 2 aromatic carbocycles. The van der Waals surface area contributed by atoms with Gasteiger partial charge >= 0.3 is 0 Å². The molecule has 0 spiro atoms. The maximum Gasteiger partial charge on any atom is 0.178 e. The van der Waals surface area contributed by atoms with Crippen LogP contribution in [0.15, 0.2) is 53.4 Å². The lowest BCUT2D eigenvalue weighted by molar-refractivity contribution is 0.354. The lowest BCUT2D eigenvalue weighted by Gasteiger charge is -2.10. The lowest BCUT2D eigenvalue weighted by Crippen LogP contribution is -2.09. The van der Waals surface area contributed by atoms with Crippen LogP contribution in [-0.2, 0) is 16.3 Å². The molecule has 0 N–H and O–H groups in total. The number of methoxy groups -OCH3 is 2. The number of sulfone groups is 1. The topological polar surface area (TPSA) is 52.6 Å². The zero-order valence-corrected chi connectivity index (χ0v) is 12.9. The van der Waals surface area contributed by atoms with Crippen LogP contribution < -0.4 is 9.47 Å². The van der Waals surface area contributed by atoms with E-state index >= 15 is 0 Å². The largest absolute Gasteiger partial charge is 0.493 e. The van der Waals surface area contributed by atoms with Crippen molar-refractivity contribution in [3.63, 3.8) is 0 Å². The first kappa shape index (κ1) is 15.4. The number of aryl methyl sites for hydroxylation is 1. The van der Waals surface area contributed by atoms with E-state index in [2.05, 4.69) is 0 Å². The van der Waals surface area contributed by atoms with E-state index in [4.69, 9.17) is 9.47 Å². The van der Waals surface area contributed by atoms with Crippen molar-refractivity contribution in [1.82, 2.24) is 0 Å². The highest BCUT2D eigenvalue weighted by molar-refractivity contribution is 7.91. The van der Waals surface area contributed by atoms with E-state index in [0.717, 1.165) is 5.56 Å². The Bertz CT molecular complexity index is 693. The van der Waals surface area contributed by atoms with Crippen LogP contribution in [-0.4, -0.2) is 28.4 Å². The molecule has 0 unspecified atom stereocenters. The molecule has 0 atom stereocenters. The van der Waals surface area contributed by atoms with E-state index in [9.17, 15) is 8.42 Å². The summed E-state index contributed by atoms with van der Waals surface area (Å²) in [5, 5.41) is 0. The molecule has 0 heterocycles. The van der Waals surface area contributed by atoms with Crippen molar-refractivity contribution < 1.29 is 17.9 Å². The van der Waals surface area contributed by atoms with Gasteiger partial charge in [-0.2, -0.15) is 0 Å². The molecule has 0 radical (unpaired) electrons. The van der Waals surface area contributed by atoms with Crippen molar-refractivity contribution in [2.45, 2.75) is 11.3 Å². The summed E-state index contributed by atoms with van der Waals surface area (Å²) in [6, 6.07) is 13.9. The summed E-state index contributed by atoms with van der Waals surface area (Å²) in [4.78, 5) is 0.352. The average Bonchev–Trinajstić information content (AvgIpc) is 2.53. The highest BCUT2D eigenvalue weighted by Gasteiger charge is 2.14. The predicted molar refractivity (Wildman–Crippen MR) is 81.7 cm³/mol. The fraction of sp³-hybridized carbons (Fsp3) is 0.250. The third kappa shape index (κ3) is 3.76. The second-order valence-electron chi connectivity index (χ2n) is 4.57. The van der Waals surface area contributed by atoms with Crippen LogP contribution in [0.4, 0.5) is 0 Å². The monoisotopic (exact) mass is 306 g/mol. The van der Waals surface area contributed by atoms with Gasteiger partial charge in [0.25, 0.3) is 0 Å². The molecule has 0 amide bonds. The van der Waals surface area contributed by atoms with Gasteiger partial charge in [-0.15, -0.1) is 0 Å². The molecular weight excluding hydrogens is 288 g/mol. The maximum absolute atomic E-state index is 12.2. The van der Waals surface area contributed by atoms with E-state index in [1.807, 2.05) is 6.07 Å². The minimum Gasteiger partial charge on any atom is -0.493 e. The smallest absolute Gasteiger partial charge is 0.178 e. The van der Waals surface area contributed by atoms with E-state index in [-0.39, 0.29) is 5.75 Å². The minimum absolute atomic E-state index is 0.0620. The summed E-state index contributed by atoms with van der Waals surface area (Å²) in [5.41, 5.74) is 0.896. The molecule has 0 aliphatic rings. The van der Waals surface area contributed by atoms with E-state index in [1.165, 1.54) is 0 Å². The molecule has 112 valence electrons. The summed E-state index contributed by atoms with van der Waals surface area (Å²) < 4.78 is 34.8. The highest BCUT2D eigenvalue weighted by Crippen LogP contribution is 2.28. The number of hydrogen-bond acceptors (Lipinski definition) is 4. The molecule has 0 fully saturated rings. The molecule has 0 aromatic heterocycles. The first-order chi connectivity index (χ1) is 10.1. The lowest BCUT2D eigenvalue weighted by atomic mass is 10.1. The van der Waals surface area contributed by atoms with Crippen LogP contribution in [0.5, 0.6) is 11.5 Å². The van der Waals surface area contributed by atoms with Crippen LogP contribution in [0.1, 0.15) is 5.56 Å². The summed E-state index contributed by atoms with van der Waals surface area (Å²) in [7, 11) is -0.141. The molecule has 0 bridgehead atoms. The van der Waals surface area contributed by atoms with Gasteiger partial charge in [0, 0.05) is 0 Å². The number of ether oxygens (including phenoxy) is 2. The summed E-state index contributed by atoms with van der Waals surface area (Å²) in [5.74, 6) is 1.30. The van der Waals surface area contributed by atoms with Gasteiger partial charge in [0.15, 0.2) is 21.3 Å². The molecular formula is C16H18O4S. The van der Waals surface area contributed by atoms with Crippen LogP contribution in [0.2, 0.25) is 0 Å². The molecule has 0 saturated carbocycles. The van der Waals surface area contributed by atoms with Crippen LogP contribution in [0.3, 0.4) is 0 Å². The van der Waals surface area contributed by atoms with Gasteiger partial charge in [0.1, 0.15) is 0 Å². The molecule has 0 aliphatic carbocycles. The Balaban J connectivity index is 2.13. The molecule has 0 saturated heterocycles. The van der Waals surface area contributed by atoms with E-state index in [1.54, 1.807) is 56.7 Å². The third-order valence-electron chi connectivity index (χ3n) is 3.21. The average molecular weight is 306 g/mol. The van der Waals surface area contributed by atoms with Gasteiger partial charge in [-0.05, 0) is 36.2 Å². The second-order valence-corrected chi connectivity index (χ2v) is 6.68. The van der Waals surface area contributed by atoms with Gasteiger partial charge in [0.2, 0.25) is 0 Å². The minimum atomic E-state index is -3.27. The van der Waals surface area contributed by atoms with Gasteiger partial charge < -0.3 is 9.47 Å². The first-order valence-electron chi connectivity index (χ1n) is 6.55. The molecule has 0 aliphatic heterocycles. The zero-order valence-electron chi connectivity index (χ0n) is 12.1. The normalized spacial score (nSPS) is 11.1. The Morgan fingerprint density at radius 2 is 1.57 bits per heavy atom. The predicted octanol–water partition coefficient (Wildman–Crippen LogP) is 2.72.